The van der Waals surface area contributed by atoms with Crippen molar-refractivity contribution in [2.75, 3.05) is 13.7 Å². The van der Waals surface area contributed by atoms with Crippen LogP contribution in [0.2, 0.25) is 5.02 Å². The van der Waals surface area contributed by atoms with Gasteiger partial charge in [-0.05, 0) is 50.4 Å². The van der Waals surface area contributed by atoms with Crippen LogP contribution < -0.4 is 5.32 Å². The van der Waals surface area contributed by atoms with Crippen LogP contribution in [0.4, 0.5) is 0 Å². The molecular weight excluding hydrogens is 234 g/mol. The summed E-state index contributed by atoms with van der Waals surface area (Å²) in [5.41, 5.74) is 2.34. The van der Waals surface area contributed by atoms with Gasteiger partial charge in [-0.3, -0.25) is 0 Å². The minimum absolute atomic E-state index is 0.244. The van der Waals surface area contributed by atoms with Gasteiger partial charge in [-0.15, -0.1) is 0 Å². The SMILES string of the molecule is CNC(c1ccc(C)c(Cl)c1)C1CCCCO1. The Morgan fingerprint density at radius 2 is 2.24 bits per heavy atom. The molecule has 1 heterocycles. The lowest BCUT2D eigenvalue weighted by atomic mass is 9.95. The van der Waals surface area contributed by atoms with Crippen molar-refractivity contribution in [1.82, 2.24) is 5.32 Å². The quantitative estimate of drug-likeness (QED) is 0.891. The number of ether oxygens (including phenoxy) is 1. The fourth-order valence-electron chi connectivity index (χ4n) is 2.40. The van der Waals surface area contributed by atoms with Crippen molar-refractivity contribution >= 4 is 11.6 Å². The van der Waals surface area contributed by atoms with Gasteiger partial charge in [0.2, 0.25) is 0 Å². The van der Waals surface area contributed by atoms with Gasteiger partial charge < -0.3 is 10.1 Å². The Labute approximate surface area is 108 Å². The zero-order chi connectivity index (χ0) is 12.3. The zero-order valence-corrected chi connectivity index (χ0v) is 11.3. The maximum atomic E-state index is 6.19. The number of likely N-dealkylation sites (N-methyl/N-ethyl adjacent to an activating group) is 1. The Morgan fingerprint density at radius 3 is 2.82 bits per heavy atom. The summed E-state index contributed by atoms with van der Waals surface area (Å²) in [7, 11) is 1.98. The lowest BCUT2D eigenvalue weighted by molar-refractivity contribution is -0.00661. The molecule has 1 N–H and O–H groups in total. The van der Waals surface area contributed by atoms with Crippen molar-refractivity contribution in [1.29, 1.82) is 0 Å². The molecule has 1 aliphatic heterocycles. The van der Waals surface area contributed by atoms with Gasteiger partial charge in [0.1, 0.15) is 0 Å². The number of aryl methyl sites for hydroxylation is 1. The van der Waals surface area contributed by atoms with E-state index in [-0.39, 0.29) is 12.1 Å². The smallest absolute Gasteiger partial charge is 0.0769 e. The van der Waals surface area contributed by atoms with Gasteiger partial charge in [0.25, 0.3) is 0 Å². The Morgan fingerprint density at radius 1 is 1.41 bits per heavy atom. The maximum absolute atomic E-state index is 6.19. The Bertz CT molecular complexity index is 374. The summed E-state index contributed by atoms with van der Waals surface area (Å²) >= 11 is 6.19. The molecule has 1 saturated heterocycles. The van der Waals surface area contributed by atoms with Gasteiger partial charge in [0, 0.05) is 11.6 Å². The van der Waals surface area contributed by atoms with Gasteiger partial charge in [-0.25, -0.2) is 0 Å². The molecule has 2 atom stereocenters. The molecule has 17 heavy (non-hydrogen) atoms. The summed E-state index contributed by atoms with van der Waals surface area (Å²) in [5.74, 6) is 0. The molecule has 0 bridgehead atoms. The Balaban J connectivity index is 2.18. The molecule has 1 fully saturated rings. The van der Waals surface area contributed by atoms with Crippen molar-refractivity contribution in [3.8, 4) is 0 Å². The molecule has 2 rings (SSSR count). The van der Waals surface area contributed by atoms with Crippen LogP contribution >= 0.6 is 11.6 Å². The normalized spacial score (nSPS) is 22.4. The minimum Gasteiger partial charge on any atom is -0.376 e. The fraction of sp³-hybridized carbons (Fsp3) is 0.571. The van der Waals surface area contributed by atoms with Gasteiger partial charge in [0.15, 0.2) is 0 Å². The van der Waals surface area contributed by atoms with Crippen molar-refractivity contribution in [3.63, 3.8) is 0 Å². The van der Waals surface area contributed by atoms with Crippen LogP contribution in [0.5, 0.6) is 0 Å². The second-order valence-corrected chi connectivity index (χ2v) is 5.09. The minimum atomic E-state index is 0.244. The van der Waals surface area contributed by atoms with Crippen LogP contribution in [0, 0.1) is 6.92 Å². The highest BCUT2D eigenvalue weighted by atomic mass is 35.5. The predicted molar refractivity (Wildman–Crippen MR) is 71.6 cm³/mol. The Kier molecular flexibility index (Phi) is 4.43. The molecule has 0 saturated carbocycles. The summed E-state index contributed by atoms with van der Waals surface area (Å²) in [6.07, 6.45) is 3.83. The molecule has 2 nitrogen and oxygen atoms in total. The van der Waals surface area contributed by atoms with Crippen LogP contribution in [0.3, 0.4) is 0 Å². The van der Waals surface area contributed by atoms with Crippen LogP contribution in [0.1, 0.15) is 36.4 Å². The summed E-state index contributed by atoms with van der Waals surface area (Å²) in [6, 6.07) is 6.51. The number of benzene rings is 1. The second-order valence-electron chi connectivity index (χ2n) is 4.68. The highest BCUT2D eigenvalue weighted by molar-refractivity contribution is 6.31. The molecule has 3 heteroatoms. The van der Waals surface area contributed by atoms with E-state index < -0.39 is 0 Å². The molecule has 94 valence electrons. The first kappa shape index (κ1) is 12.9. The van der Waals surface area contributed by atoms with Crippen molar-refractivity contribution in [2.24, 2.45) is 0 Å². The second kappa shape index (κ2) is 5.85. The van der Waals surface area contributed by atoms with Crippen molar-refractivity contribution in [3.05, 3.63) is 34.3 Å². The summed E-state index contributed by atoms with van der Waals surface area (Å²) < 4.78 is 5.85. The third-order valence-corrected chi connectivity index (χ3v) is 3.86. The zero-order valence-electron chi connectivity index (χ0n) is 10.5. The van der Waals surface area contributed by atoms with E-state index in [1.807, 2.05) is 14.0 Å². The average Bonchev–Trinajstić information content (AvgIpc) is 2.36. The van der Waals surface area contributed by atoms with E-state index in [0.717, 1.165) is 23.6 Å². The Hall–Kier alpha value is -0.570. The first-order valence-electron chi connectivity index (χ1n) is 6.27. The number of hydrogen-bond acceptors (Lipinski definition) is 2. The molecule has 0 radical (unpaired) electrons. The third kappa shape index (κ3) is 3.01. The van der Waals surface area contributed by atoms with E-state index in [0.29, 0.717) is 0 Å². The molecule has 0 aromatic heterocycles. The maximum Gasteiger partial charge on any atom is 0.0769 e. The van der Waals surface area contributed by atoms with E-state index in [2.05, 4.69) is 23.5 Å². The largest absolute Gasteiger partial charge is 0.376 e. The number of rotatable bonds is 3. The lowest BCUT2D eigenvalue weighted by Gasteiger charge is -2.30. The molecule has 1 aromatic carbocycles. The van der Waals surface area contributed by atoms with E-state index in [1.165, 1.54) is 18.4 Å². The number of halogens is 1. The molecule has 1 aliphatic rings. The summed E-state index contributed by atoms with van der Waals surface area (Å²) in [5, 5.41) is 4.18. The summed E-state index contributed by atoms with van der Waals surface area (Å²) in [4.78, 5) is 0. The molecule has 2 unspecified atom stereocenters. The number of hydrogen-bond donors (Lipinski definition) is 1. The standard InChI is InChI=1S/C14H20ClNO/c1-10-6-7-11(9-12(10)15)14(16-2)13-5-3-4-8-17-13/h6-7,9,13-14,16H,3-5,8H2,1-2H3. The molecule has 1 aromatic rings. The van der Waals surface area contributed by atoms with Gasteiger partial charge in [0.05, 0.1) is 12.1 Å². The highest BCUT2D eigenvalue weighted by Gasteiger charge is 2.24. The summed E-state index contributed by atoms with van der Waals surface area (Å²) in [6.45, 7) is 2.90. The van der Waals surface area contributed by atoms with Gasteiger partial charge >= 0.3 is 0 Å². The van der Waals surface area contributed by atoms with Crippen molar-refractivity contribution in [2.45, 2.75) is 38.3 Å². The topological polar surface area (TPSA) is 21.3 Å². The van der Waals surface area contributed by atoms with E-state index in [9.17, 15) is 0 Å². The van der Waals surface area contributed by atoms with Crippen molar-refractivity contribution < 1.29 is 4.74 Å². The fourth-order valence-corrected chi connectivity index (χ4v) is 2.59. The van der Waals surface area contributed by atoms with E-state index in [4.69, 9.17) is 16.3 Å². The average molecular weight is 254 g/mol. The predicted octanol–water partition coefficient (Wildman–Crippen LogP) is 3.48. The van der Waals surface area contributed by atoms with Gasteiger partial charge in [-0.2, -0.15) is 0 Å². The highest BCUT2D eigenvalue weighted by Crippen LogP contribution is 2.28. The number of nitrogens with one attached hydrogen (secondary N) is 1. The first-order valence-corrected chi connectivity index (χ1v) is 6.65. The van der Waals surface area contributed by atoms with Gasteiger partial charge in [-0.1, -0.05) is 23.7 Å². The van der Waals surface area contributed by atoms with Crippen LogP contribution in [0.25, 0.3) is 0 Å². The van der Waals surface area contributed by atoms with E-state index in [1.54, 1.807) is 0 Å². The molecule has 0 amide bonds. The van der Waals surface area contributed by atoms with Crippen LogP contribution in [-0.4, -0.2) is 19.8 Å². The third-order valence-electron chi connectivity index (χ3n) is 3.45. The van der Waals surface area contributed by atoms with E-state index >= 15 is 0 Å². The van der Waals surface area contributed by atoms with Crippen LogP contribution in [0.15, 0.2) is 18.2 Å². The first-order chi connectivity index (χ1) is 8.22. The molecule has 0 aliphatic carbocycles. The lowest BCUT2D eigenvalue weighted by Crippen LogP contribution is -2.34. The van der Waals surface area contributed by atoms with Crippen LogP contribution in [-0.2, 0) is 4.74 Å². The monoisotopic (exact) mass is 253 g/mol. The molecular formula is C14H20ClNO. The molecule has 0 spiro atoms.